The molecule has 0 aromatic rings. The van der Waals surface area contributed by atoms with Crippen LogP contribution in [0.4, 0.5) is 0 Å². The Labute approximate surface area is 92.6 Å². The summed E-state index contributed by atoms with van der Waals surface area (Å²) < 4.78 is 0. The number of nitrogens with two attached hydrogens (primary N) is 2. The maximum Gasteiger partial charge on any atom is 0.151 e. The van der Waals surface area contributed by atoms with Crippen LogP contribution in [0, 0.1) is 22.7 Å². The Bertz CT molecular complexity index is 230. The second kappa shape index (κ2) is 8.78. The van der Waals surface area contributed by atoms with Gasteiger partial charge in [-0.25, -0.2) is 0 Å². The maximum absolute atomic E-state index is 6.94. The van der Waals surface area contributed by atoms with E-state index in [9.17, 15) is 0 Å². The Hall–Kier alpha value is -0.800. The van der Waals surface area contributed by atoms with Crippen molar-refractivity contribution in [1.82, 2.24) is 0 Å². The van der Waals surface area contributed by atoms with Gasteiger partial charge in [0.2, 0.25) is 0 Å². The minimum atomic E-state index is 0.138. The fourth-order valence-corrected chi connectivity index (χ4v) is 1.45. The lowest BCUT2D eigenvalue weighted by Gasteiger charge is -1.92. The molecule has 0 rings (SSSR count). The van der Waals surface area contributed by atoms with Crippen LogP contribution in [-0.4, -0.2) is 21.8 Å². The minimum absolute atomic E-state index is 0.138. The van der Waals surface area contributed by atoms with E-state index in [1.54, 1.807) is 0 Å². The number of nitrogens with one attached hydrogen (secondary N) is 2. The van der Waals surface area contributed by atoms with E-state index in [-0.39, 0.29) is 10.3 Å². The summed E-state index contributed by atoms with van der Waals surface area (Å²) in [5, 5.41) is 14.2. The highest BCUT2D eigenvalue weighted by atomic mass is 32.2. The number of thioether (sulfide) groups is 2. The van der Waals surface area contributed by atoms with E-state index in [1.807, 2.05) is 0 Å². The molecule has 6 heteroatoms. The highest BCUT2D eigenvalue weighted by Crippen LogP contribution is 2.00. The van der Waals surface area contributed by atoms with Crippen LogP contribution in [0.3, 0.4) is 0 Å². The average Bonchev–Trinajstić information content (AvgIpc) is 2.08. The van der Waals surface area contributed by atoms with Gasteiger partial charge in [-0.1, -0.05) is 23.5 Å². The Kier molecular flexibility index (Phi) is 8.28. The topological polar surface area (TPSA) is 99.7 Å². The number of hydrogen-bond donors (Lipinski definition) is 4. The summed E-state index contributed by atoms with van der Waals surface area (Å²) in [7, 11) is 0. The Morgan fingerprint density at radius 1 is 0.929 bits per heavy atom. The van der Waals surface area contributed by atoms with Gasteiger partial charge in [-0.3, -0.25) is 10.8 Å². The molecule has 0 saturated carbocycles. The molecule has 78 valence electrons. The Morgan fingerprint density at radius 2 is 1.29 bits per heavy atom. The first-order valence-electron chi connectivity index (χ1n) is 4.02. The largest absolute Gasteiger partial charge is 0.379 e. The average molecular weight is 230 g/mol. The van der Waals surface area contributed by atoms with Gasteiger partial charge < -0.3 is 11.5 Å². The molecule has 0 aliphatic heterocycles. The maximum atomic E-state index is 6.94. The third kappa shape index (κ3) is 11.2. The molecular formula is C8H14N4S2. The molecular weight excluding hydrogens is 216 g/mol. The van der Waals surface area contributed by atoms with Crippen LogP contribution in [0.2, 0.25) is 0 Å². The molecule has 0 bridgehead atoms. The van der Waals surface area contributed by atoms with Crippen molar-refractivity contribution in [3.8, 4) is 11.8 Å². The zero-order valence-corrected chi connectivity index (χ0v) is 9.43. The lowest BCUT2D eigenvalue weighted by atomic mass is 10.4. The van der Waals surface area contributed by atoms with Crippen molar-refractivity contribution in [1.29, 1.82) is 10.8 Å². The van der Waals surface area contributed by atoms with E-state index in [0.717, 1.165) is 24.3 Å². The predicted molar refractivity (Wildman–Crippen MR) is 65.8 cm³/mol. The van der Waals surface area contributed by atoms with Crippen LogP contribution >= 0.6 is 23.5 Å². The summed E-state index contributed by atoms with van der Waals surface area (Å²) >= 11 is 2.60. The molecule has 0 aromatic carbocycles. The molecule has 6 N–H and O–H groups in total. The van der Waals surface area contributed by atoms with Crippen molar-refractivity contribution in [3.05, 3.63) is 0 Å². The van der Waals surface area contributed by atoms with Gasteiger partial charge in [0.05, 0.1) is 0 Å². The molecule has 14 heavy (non-hydrogen) atoms. The van der Waals surface area contributed by atoms with Crippen LogP contribution in [0.1, 0.15) is 12.8 Å². The summed E-state index contributed by atoms with van der Waals surface area (Å²) in [5.74, 6) is 7.47. The fourth-order valence-electron chi connectivity index (χ4n) is 0.601. The van der Waals surface area contributed by atoms with Gasteiger partial charge in [0.1, 0.15) is 0 Å². The van der Waals surface area contributed by atoms with Gasteiger partial charge in [-0.05, 0) is 0 Å². The van der Waals surface area contributed by atoms with Crippen LogP contribution in [0.25, 0.3) is 0 Å². The lowest BCUT2D eigenvalue weighted by Crippen LogP contribution is -2.04. The van der Waals surface area contributed by atoms with Crippen molar-refractivity contribution in [2.45, 2.75) is 12.8 Å². The zero-order valence-electron chi connectivity index (χ0n) is 7.80. The molecule has 0 amide bonds. The van der Waals surface area contributed by atoms with E-state index in [1.165, 1.54) is 23.5 Å². The van der Waals surface area contributed by atoms with Crippen molar-refractivity contribution < 1.29 is 0 Å². The highest BCUT2D eigenvalue weighted by Gasteiger charge is 1.89. The molecule has 0 atom stereocenters. The molecule has 0 saturated heterocycles. The molecule has 0 aliphatic carbocycles. The SMILES string of the molecule is N=C(N)SCCC#CCCSC(=N)N. The molecule has 4 nitrogen and oxygen atoms in total. The van der Waals surface area contributed by atoms with E-state index < -0.39 is 0 Å². The molecule has 0 aliphatic rings. The fraction of sp³-hybridized carbons (Fsp3) is 0.500. The molecule has 0 radical (unpaired) electrons. The summed E-state index contributed by atoms with van der Waals surface area (Å²) in [6.07, 6.45) is 1.49. The van der Waals surface area contributed by atoms with Gasteiger partial charge in [0.25, 0.3) is 0 Å². The van der Waals surface area contributed by atoms with Crippen LogP contribution in [-0.2, 0) is 0 Å². The first kappa shape index (κ1) is 13.2. The third-order valence-corrected chi connectivity index (χ3v) is 2.53. The number of rotatable bonds is 4. The second-order valence-electron chi connectivity index (χ2n) is 2.28. The van der Waals surface area contributed by atoms with Gasteiger partial charge in [0.15, 0.2) is 10.3 Å². The predicted octanol–water partition coefficient (Wildman–Crippen LogP) is 1.02. The second-order valence-corrected chi connectivity index (χ2v) is 4.55. The lowest BCUT2D eigenvalue weighted by molar-refractivity contribution is 1.26. The third-order valence-electron chi connectivity index (χ3n) is 1.09. The standard InChI is InChI=1S/C8H14N4S2/c9-7(10)13-5-3-1-2-4-6-14-8(11)12/h3-6H2,(H3,9,10)(H3,11,12). The molecule has 0 spiro atoms. The van der Waals surface area contributed by atoms with E-state index >= 15 is 0 Å². The minimum Gasteiger partial charge on any atom is -0.379 e. The summed E-state index contributed by atoms with van der Waals surface area (Å²) in [6, 6.07) is 0. The molecule has 0 aromatic heterocycles. The smallest absolute Gasteiger partial charge is 0.151 e. The van der Waals surface area contributed by atoms with Crippen LogP contribution in [0.5, 0.6) is 0 Å². The Balaban J connectivity index is 3.27. The van der Waals surface area contributed by atoms with Crippen LogP contribution < -0.4 is 11.5 Å². The summed E-state index contributed by atoms with van der Waals surface area (Å²) in [4.78, 5) is 0. The van der Waals surface area contributed by atoms with Gasteiger partial charge in [-0.15, -0.1) is 11.8 Å². The molecule has 0 fully saturated rings. The zero-order chi connectivity index (χ0) is 10.8. The summed E-state index contributed by atoms with van der Waals surface area (Å²) in [5.41, 5.74) is 10.3. The van der Waals surface area contributed by atoms with Gasteiger partial charge in [0, 0.05) is 24.3 Å². The van der Waals surface area contributed by atoms with E-state index in [2.05, 4.69) is 11.8 Å². The van der Waals surface area contributed by atoms with Crippen molar-refractivity contribution in [2.75, 3.05) is 11.5 Å². The highest BCUT2D eigenvalue weighted by molar-refractivity contribution is 8.13. The Morgan fingerprint density at radius 3 is 1.57 bits per heavy atom. The normalized spacial score (nSPS) is 8.86. The first-order chi connectivity index (χ1) is 6.63. The molecule has 0 unspecified atom stereocenters. The van der Waals surface area contributed by atoms with Gasteiger partial charge >= 0.3 is 0 Å². The first-order valence-corrected chi connectivity index (χ1v) is 5.99. The van der Waals surface area contributed by atoms with Crippen molar-refractivity contribution in [3.63, 3.8) is 0 Å². The van der Waals surface area contributed by atoms with E-state index in [4.69, 9.17) is 22.3 Å². The summed E-state index contributed by atoms with van der Waals surface area (Å²) in [6.45, 7) is 0. The molecule has 0 heterocycles. The van der Waals surface area contributed by atoms with Crippen molar-refractivity contribution >= 4 is 33.9 Å². The van der Waals surface area contributed by atoms with Crippen molar-refractivity contribution in [2.24, 2.45) is 11.5 Å². The van der Waals surface area contributed by atoms with Crippen LogP contribution in [0.15, 0.2) is 0 Å². The van der Waals surface area contributed by atoms with E-state index in [0.29, 0.717) is 0 Å². The quantitative estimate of drug-likeness (QED) is 0.251. The number of amidine groups is 2. The number of hydrogen-bond acceptors (Lipinski definition) is 4. The monoisotopic (exact) mass is 230 g/mol. The van der Waals surface area contributed by atoms with Gasteiger partial charge in [-0.2, -0.15) is 0 Å².